The number of benzene rings is 1. The summed E-state index contributed by atoms with van der Waals surface area (Å²) in [6.45, 7) is 2.53. The largest absolute Gasteiger partial charge is 0.390 e. The van der Waals surface area contributed by atoms with Crippen LogP contribution in [0.1, 0.15) is 11.1 Å². The van der Waals surface area contributed by atoms with Crippen LogP contribution in [-0.4, -0.2) is 43.7 Å². The van der Waals surface area contributed by atoms with Crippen molar-refractivity contribution in [3.63, 3.8) is 0 Å². The third-order valence-corrected chi connectivity index (χ3v) is 4.71. The molecule has 4 rings (SSSR count). The molecule has 0 radical (unpaired) electrons. The molecule has 2 aromatic heterocycles. The van der Waals surface area contributed by atoms with Gasteiger partial charge in [-0.3, -0.25) is 19.2 Å². The number of hydrogen-bond donors (Lipinski definition) is 1. The Bertz CT molecular complexity index is 953. The van der Waals surface area contributed by atoms with Gasteiger partial charge in [0.05, 0.1) is 36.1 Å². The molecule has 1 atom stereocenters. The summed E-state index contributed by atoms with van der Waals surface area (Å²) in [5.74, 6) is 0. The molecule has 3 heterocycles. The van der Waals surface area contributed by atoms with E-state index in [1.807, 2.05) is 6.07 Å². The Morgan fingerprint density at radius 3 is 2.88 bits per heavy atom. The maximum Gasteiger partial charge on any atom is 0.261 e. The van der Waals surface area contributed by atoms with Crippen molar-refractivity contribution in [1.82, 2.24) is 19.4 Å². The van der Waals surface area contributed by atoms with Gasteiger partial charge in [0.25, 0.3) is 5.56 Å². The van der Waals surface area contributed by atoms with Crippen LogP contribution in [0, 0.1) is 0 Å². The summed E-state index contributed by atoms with van der Waals surface area (Å²) in [5.41, 5.74) is 3.14. The number of nitrogens with zero attached hydrogens (tertiary/aromatic N) is 4. The van der Waals surface area contributed by atoms with Crippen LogP contribution in [0.3, 0.4) is 0 Å². The summed E-state index contributed by atoms with van der Waals surface area (Å²) in [7, 11) is 0. The number of pyridine rings is 1. The molecular formula is C19H20N4O2. The molecule has 6 heteroatoms. The topological polar surface area (TPSA) is 71.2 Å². The number of aliphatic hydroxyl groups is 1. The first-order chi connectivity index (χ1) is 12.2. The van der Waals surface area contributed by atoms with Crippen molar-refractivity contribution < 1.29 is 5.11 Å². The molecule has 0 aliphatic carbocycles. The molecule has 1 unspecified atom stereocenters. The van der Waals surface area contributed by atoms with Gasteiger partial charge in [-0.15, -0.1) is 0 Å². The Balaban J connectivity index is 1.45. The molecule has 0 bridgehead atoms. The molecule has 3 aromatic rings. The number of rotatable bonds is 4. The molecule has 0 saturated heterocycles. The van der Waals surface area contributed by atoms with Crippen LogP contribution in [0.2, 0.25) is 0 Å². The van der Waals surface area contributed by atoms with Crippen LogP contribution in [0.25, 0.3) is 10.9 Å². The highest BCUT2D eigenvalue weighted by Gasteiger charge is 2.19. The molecule has 1 N–H and O–H groups in total. The fraction of sp³-hybridized carbons (Fsp3) is 0.316. The summed E-state index contributed by atoms with van der Waals surface area (Å²) in [4.78, 5) is 22.9. The van der Waals surface area contributed by atoms with Crippen molar-refractivity contribution in [3.8, 4) is 0 Å². The first kappa shape index (κ1) is 15.9. The molecule has 1 aromatic carbocycles. The molecule has 1 aliphatic heterocycles. The molecule has 0 spiro atoms. The zero-order chi connectivity index (χ0) is 17.2. The predicted molar refractivity (Wildman–Crippen MR) is 95.2 cm³/mol. The summed E-state index contributed by atoms with van der Waals surface area (Å²) >= 11 is 0. The monoisotopic (exact) mass is 336 g/mol. The molecule has 0 saturated carbocycles. The standard InChI is InChI=1S/C19H20N4O2/c24-16(11-22-8-6-14-3-1-2-4-15(14)10-22)12-23-13-21-18-9-20-7-5-17(18)19(23)25/h1-5,7,9,13,16,24H,6,8,10-12H2. The van der Waals surface area contributed by atoms with E-state index >= 15 is 0 Å². The Morgan fingerprint density at radius 2 is 2.00 bits per heavy atom. The Kier molecular flexibility index (Phi) is 4.29. The van der Waals surface area contributed by atoms with Crippen LogP contribution < -0.4 is 5.56 Å². The molecule has 0 amide bonds. The first-order valence-corrected chi connectivity index (χ1v) is 8.47. The third-order valence-electron chi connectivity index (χ3n) is 4.71. The highest BCUT2D eigenvalue weighted by Crippen LogP contribution is 2.18. The van der Waals surface area contributed by atoms with Crippen molar-refractivity contribution in [3.05, 3.63) is 70.5 Å². The van der Waals surface area contributed by atoms with Gasteiger partial charge in [0, 0.05) is 25.8 Å². The molecule has 6 nitrogen and oxygen atoms in total. The smallest absolute Gasteiger partial charge is 0.261 e. The van der Waals surface area contributed by atoms with E-state index in [4.69, 9.17) is 0 Å². The number of β-amino-alcohol motifs (C(OH)–C–C–N with tert-alkyl or cyclic N) is 1. The van der Waals surface area contributed by atoms with Gasteiger partial charge in [-0.05, 0) is 23.6 Å². The highest BCUT2D eigenvalue weighted by atomic mass is 16.3. The average molecular weight is 336 g/mol. The fourth-order valence-electron chi connectivity index (χ4n) is 3.43. The van der Waals surface area contributed by atoms with Gasteiger partial charge in [-0.25, -0.2) is 4.98 Å². The van der Waals surface area contributed by atoms with Crippen LogP contribution in [-0.2, 0) is 19.5 Å². The zero-order valence-electron chi connectivity index (χ0n) is 13.9. The lowest BCUT2D eigenvalue weighted by atomic mass is 10.00. The first-order valence-electron chi connectivity index (χ1n) is 8.47. The van der Waals surface area contributed by atoms with Crippen molar-refractivity contribution in [1.29, 1.82) is 0 Å². The van der Waals surface area contributed by atoms with E-state index in [-0.39, 0.29) is 12.1 Å². The van der Waals surface area contributed by atoms with Crippen LogP contribution in [0.4, 0.5) is 0 Å². The van der Waals surface area contributed by atoms with Crippen molar-refractivity contribution in [2.45, 2.75) is 25.6 Å². The lowest BCUT2D eigenvalue weighted by Gasteiger charge is -2.30. The zero-order valence-corrected chi connectivity index (χ0v) is 13.9. The predicted octanol–water partition coefficient (Wildman–Crippen LogP) is 1.21. The van der Waals surface area contributed by atoms with Gasteiger partial charge in [-0.2, -0.15) is 0 Å². The number of aromatic nitrogens is 3. The van der Waals surface area contributed by atoms with Gasteiger partial charge in [-0.1, -0.05) is 24.3 Å². The van der Waals surface area contributed by atoms with Gasteiger partial charge in [0.1, 0.15) is 0 Å². The van der Waals surface area contributed by atoms with Crippen molar-refractivity contribution >= 4 is 10.9 Å². The minimum Gasteiger partial charge on any atom is -0.390 e. The Labute approximate surface area is 145 Å². The van der Waals surface area contributed by atoms with Gasteiger partial charge in [0.2, 0.25) is 0 Å². The number of fused-ring (bicyclic) bond motifs is 2. The van der Waals surface area contributed by atoms with Crippen molar-refractivity contribution in [2.75, 3.05) is 13.1 Å². The van der Waals surface area contributed by atoms with E-state index in [1.165, 1.54) is 22.0 Å². The van der Waals surface area contributed by atoms with E-state index in [0.717, 1.165) is 19.5 Å². The minimum absolute atomic E-state index is 0.143. The van der Waals surface area contributed by atoms with Crippen LogP contribution >= 0.6 is 0 Å². The molecule has 1 aliphatic rings. The van der Waals surface area contributed by atoms with Gasteiger partial charge >= 0.3 is 0 Å². The second-order valence-electron chi connectivity index (χ2n) is 6.50. The normalized spacial score (nSPS) is 15.9. The lowest BCUT2D eigenvalue weighted by Crippen LogP contribution is -2.39. The number of aliphatic hydroxyl groups excluding tert-OH is 1. The molecule has 0 fully saturated rings. The second kappa shape index (κ2) is 6.74. The lowest BCUT2D eigenvalue weighted by molar-refractivity contribution is 0.0908. The SMILES string of the molecule is O=c1c2ccncc2ncn1CC(O)CN1CCc2ccccc2C1. The molecule has 128 valence electrons. The molecular weight excluding hydrogens is 316 g/mol. The average Bonchev–Trinajstić information content (AvgIpc) is 2.64. The Hall–Kier alpha value is -2.57. The van der Waals surface area contributed by atoms with Crippen molar-refractivity contribution in [2.24, 2.45) is 0 Å². The van der Waals surface area contributed by atoms with Crippen LogP contribution in [0.15, 0.2) is 53.8 Å². The third kappa shape index (κ3) is 3.31. The van der Waals surface area contributed by atoms with E-state index < -0.39 is 6.10 Å². The quantitative estimate of drug-likeness (QED) is 0.775. The highest BCUT2D eigenvalue weighted by molar-refractivity contribution is 5.75. The summed E-state index contributed by atoms with van der Waals surface area (Å²) in [6.07, 6.45) is 5.01. The van der Waals surface area contributed by atoms with E-state index in [2.05, 4.69) is 33.1 Å². The van der Waals surface area contributed by atoms with E-state index in [1.54, 1.807) is 18.5 Å². The summed E-state index contributed by atoms with van der Waals surface area (Å²) < 4.78 is 1.48. The van der Waals surface area contributed by atoms with E-state index in [9.17, 15) is 9.90 Å². The number of hydrogen-bond acceptors (Lipinski definition) is 5. The van der Waals surface area contributed by atoms with Gasteiger partial charge in [0.15, 0.2) is 0 Å². The minimum atomic E-state index is -0.621. The van der Waals surface area contributed by atoms with Gasteiger partial charge < -0.3 is 5.11 Å². The van der Waals surface area contributed by atoms with E-state index in [0.29, 0.717) is 17.4 Å². The second-order valence-corrected chi connectivity index (χ2v) is 6.50. The maximum absolute atomic E-state index is 12.5. The summed E-state index contributed by atoms with van der Waals surface area (Å²) in [6, 6.07) is 10.1. The maximum atomic E-state index is 12.5. The molecule has 25 heavy (non-hydrogen) atoms. The fourth-order valence-corrected chi connectivity index (χ4v) is 3.43. The Morgan fingerprint density at radius 1 is 1.16 bits per heavy atom. The summed E-state index contributed by atoms with van der Waals surface area (Å²) in [5, 5.41) is 11.0. The van der Waals surface area contributed by atoms with Crippen LogP contribution in [0.5, 0.6) is 0 Å².